The Kier molecular flexibility index (Phi) is 5.31. The highest BCUT2D eigenvalue weighted by molar-refractivity contribution is 6.07. The Morgan fingerprint density at radius 1 is 1.30 bits per heavy atom. The number of anilines is 2. The van der Waals surface area contributed by atoms with E-state index in [2.05, 4.69) is 15.6 Å². The maximum Gasteiger partial charge on any atom is 0.267 e. The van der Waals surface area contributed by atoms with E-state index in [0.717, 1.165) is 5.56 Å². The molecule has 116 valence electrons. The van der Waals surface area contributed by atoms with Gasteiger partial charge >= 0.3 is 0 Å². The van der Waals surface area contributed by atoms with Gasteiger partial charge in [-0.25, -0.2) is 4.98 Å². The maximum absolute atomic E-state index is 12.2. The summed E-state index contributed by atoms with van der Waals surface area (Å²) in [6, 6.07) is 12.5. The van der Waals surface area contributed by atoms with Crippen LogP contribution in [0.2, 0.25) is 0 Å². The molecule has 0 saturated heterocycles. The minimum Gasteiger partial charge on any atom is -0.495 e. The third-order valence-corrected chi connectivity index (χ3v) is 3.00. The number of nitriles is 1. The standard InChI is InChI=1S/C17H16N4O2/c1-12-7-8-16(19-10-12)20-11-13(9-18)17(22)21-14-5-3-4-6-15(14)23-2/h3-8,10-11H,1-2H3,(H,19,20)(H,21,22)/b13-11-. The molecule has 1 aromatic heterocycles. The van der Waals surface area contributed by atoms with Crippen LogP contribution in [0.4, 0.5) is 11.5 Å². The number of hydrogen-bond donors (Lipinski definition) is 2. The lowest BCUT2D eigenvalue weighted by Crippen LogP contribution is -2.15. The number of para-hydroxylation sites is 2. The molecular weight excluding hydrogens is 292 g/mol. The number of benzene rings is 1. The highest BCUT2D eigenvalue weighted by atomic mass is 16.5. The van der Waals surface area contributed by atoms with E-state index in [4.69, 9.17) is 10.00 Å². The number of hydrogen-bond acceptors (Lipinski definition) is 5. The van der Waals surface area contributed by atoms with Gasteiger partial charge in [-0.15, -0.1) is 0 Å². The molecule has 2 N–H and O–H groups in total. The molecule has 23 heavy (non-hydrogen) atoms. The van der Waals surface area contributed by atoms with Gasteiger partial charge in [-0.05, 0) is 30.7 Å². The molecule has 1 aromatic carbocycles. The lowest BCUT2D eigenvalue weighted by molar-refractivity contribution is -0.112. The third kappa shape index (κ3) is 4.32. The number of carbonyl (C=O) groups is 1. The molecule has 0 radical (unpaired) electrons. The van der Waals surface area contributed by atoms with Crippen LogP contribution in [0.1, 0.15) is 5.56 Å². The minimum absolute atomic E-state index is 0.0710. The molecule has 1 heterocycles. The molecule has 0 aliphatic rings. The molecule has 6 heteroatoms. The molecule has 0 saturated carbocycles. The first-order valence-electron chi connectivity index (χ1n) is 6.88. The summed E-state index contributed by atoms with van der Waals surface area (Å²) in [5.41, 5.74) is 1.45. The predicted octanol–water partition coefficient (Wildman–Crippen LogP) is 2.86. The highest BCUT2D eigenvalue weighted by Crippen LogP contribution is 2.23. The topological polar surface area (TPSA) is 87.0 Å². The van der Waals surface area contributed by atoms with Crippen LogP contribution in [0.25, 0.3) is 0 Å². The van der Waals surface area contributed by atoms with E-state index in [1.165, 1.54) is 13.3 Å². The Morgan fingerprint density at radius 3 is 2.74 bits per heavy atom. The van der Waals surface area contributed by atoms with Crippen molar-refractivity contribution < 1.29 is 9.53 Å². The number of nitrogens with one attached hydrogen (secondary N) is 2. The van der Waals surface area contributed by atoms with E-state index in [0.29, 0.717) is 17.3 Å². The molecule has 0 aliphatic heterocycles. The monoisotopic (exact) mass is 308 g/mol. The Morgan fingerprint density at radius 2 is 2.09 bits per heavy atom. The number of rotatable bonds is 5. The maximum atomic E-state index is 12.2. The van der Waals surface area contributed by atoms with Gasteiger partial charge in [0.2, 0.25) is 0 Å². The van der Waals surface area contributed by atoms with E-state index in [9.17, 15) is 4.79 Å². The van der Waals surface area contributed by atoms with Crippen molar-refractivity contribution in [1.29, 1.82) is 5.26 Å². The average molecular weight is 308 g/mol. The predicted molar refractivity (Wildman–Crippen MR) is 87.9 cm³/mol. The molecule has 0 fully saturated rings. The highest BCUT2D eigenvalue weighted by Gasteiger charge is 2.11. The number of amides is 1. The lowest BCUT2D eigenvalue weighted by atomic mass is 10.2. The van der Waals surface area contributed by atoms with Crippen molar-refractivity contribution >= 4 is 17.4 Å². The summed E-state index contributed by atoms with van der Waals surface area (Å²) >= 11 is 0. The lowest BCUT2D eigenvalue weighted by Gasteiger charge is -2.09. The van der Waals surface area contributed by atoms with E-state index in [-0.39, 0.29) is 5.57 Å². The van der Waals surface area contributed by atoms with Crippen molar-refractivity contribution in [3.05, 3.63) is 59.9 Å². The zero-order valence-electron chi connectivity index (χ0n) is 12.8. The molecule has 0 spiro atoms. The summed E-state index contributed by atoms with van der Waals surface area (Å²) in [6.45, 7) is 1.92. The van der Waals surface area contributed by atoms with E-state index < -0.39 is 5.91 Å². The fraction of sp³-hybridized carbons (Fsp3) is 0.118. The van der Waals surface area contributed by atoms with Crippen molar-refractivity contribution in [1.82, 2.24) is 4.98 Å². The number of aromatic nitrogens is 1. The SMILES string of the molecule is COc1ccccc1NC(=O)/C(C#N)=C\Nc1ccc(C)cn1. The van der Waals surface area contributed by atoms with E-state index in [1.54, 1.807) is 36.5 Å². The van der Waals surface area contributed by atoms with Gasteiger partial charge in [-0.3, -0.25) is 4.79 Å². The summed E-state index contributed by atoms with van der Waals surface area (Å²) in [4.78, 5) is 16.3. The number of methoxy groups -OCH3 is 1. The normalized spacial score (nSPS) is 10.6. The average Bonchev–Trinajstić information content (AvgIpc) is 2.57. The summed E-state index contributed by atoms with van der Waals surface area (Å²) in [5, 5.41) is 14.6. The van der Waals surface area contributed by atoms with Gasteiger partial charge in [0.15, 0.2) is 0 Å². The van der Waals surface area contributed by atoms with E-state index >= 15 is 0 Å². The smallest absolute Gasteiger partial charge is 0.267 e. The third-order valence-electron chi connectivity index (χ3n) is 3.00. The fourth-order valence-electron chi connectivity index (χ4n) is 1.79. The van der Waals surface area contributed by atoms with Gasteiger partial charge in [0.05, 0.1) is 12.8 Å². The van der Waals surface area contributed by atoms with Crippen molar-refractivity contribution in [3.63, 3.8) is 0 Å². The van der Waals surface area contributed by atoms with Crippen LogP contribution in [0, 0.1) is 18.3 Å². The summed E-state index contributed by atoms with van der Waals surface area (Å²) < 4.78 is 5.16. The van der Waals surface area contributed by atoms with Crippen LogP contribution < -0.4 is 15.4 Å². The summed E-state index contributed by atoms with van der Waals surface area (Å²) in [7, 11) is 1.51. The van der Waals surface area contributed by atoms with Gasteiger partial charge in [-0.1, -0.05) is 18.2 Å². The summed E-state index contributed by atoms with van der Waals surface area (Å²) in [6.07, 6.45) is 3.01. The van der Waals surface area contributed by atoms with Crippen LogP contribution in [0.5, 0.6) is 5.75 Å². The van der Waals surface area contributed by atoms with Crippen LogP contribution in [-0.2, 0) is 4.79 Å². The molecule has 0 bridgehead atoms. The minimum atomic E-state index is -0.531. The first-order valence-corrected chi connectivity index (χ1v) is 6.88. The first-order chi connectivity index (χ1) is 11.1. The van der Waals surface area contributed by atoms with Gasteiger partial charge in [0, 0.05) is 12.4 Å². The number of nitrogens with zero attached hydrogens (tertiary/aromatic N) is 2. The largest absolute Gasteiger partial charge is 0.495 e. The van der Waals surface area contributed by atoms with E-state index in [1.807, 2.05) is 19.1 Å². The van der Waals surface area contributed by atoms with Crippen LogP contribution >= 0.6 is 0 Å². The molecular formula is C17H16N4O2. The van der Waals surface area contributed by atoms with Crippen LogP contribution in [-0.4, -0.2) is 18.0 Å². The number of carbonyl (C=O) groups excluding carboxylic acids is 1. The van der Waals surface area contributed by atoms with Gasteiger partial charge in [0.25, 0.3) is 5.91 Å². The quantitative estimate of drug-likeness (QED) is 0.655. The van der Waals surface area contributed by atoms with Crippen molar-refractivity contribution in [2.24, 2.45) is 0 Å². The fourth-order valence-corrected chi connectivity index (χ4v) is 1.79. The molecule has 0 unspecified atom stereocenters. The second-order valence-electron chi connectivity index (χ2n) is 4.69. The molecule has 1 amide bonds. The second kappa shape index (κ2) is 7.61. The van der Waals surface area contributed by atoms with Crippen LogP contribution in [0.3, 0.4) is 0 Å². The second-order valence-corrected chi connectivity index (χ2v) is 4.69. The first kappa shape index (κ1) is 16.0. The van der Waals surface area contributed by atoms with Crippen LogP contribution in [0.15, 0.2) is 54.4 Å². The molecule has 6 nitrogen and oxygen atoms in total. The van der Waals surface area contributed by atoms with Crippen molar-refractivity contribution in [3.8, 4) is 11.8 Å². The van der Waals surface area contributed by atoms with Gasteiger partial charge < -0.3 is 15.4 Å². The van der Waals surface area contributed by atoms with Crippen molar-refractivity contribution in [2.75, 3.05) is 17.7 Å². The van der Waals surface area contributed by atoms with Gasteiger partial charge in [-0.2, -0.15) is 5.26 Å². The summed E-state index contributed by atoms with van der Waals surface area (Å²) in [5.74, 6) is 0.538. The van der Waals surface area contributed by atoms with Gasteiger partial charge in [0.1, 0.15) is 23.2 Å². The molecule has 2 rings (SSSR count). The Labute approximate surface area is 134 Å². The van der Waals surface area contributed by atoms with Crippen molar-refractivity contribution in [2.45, 2.75) is 6.92 Å². The Balaban J connectivity index is 2.10. The Bertz CT molecular complexity index is 761. The number of pyridine rings is 1. The number of aryl methyl sites for hydroxylation is 1. The molecule has 0 atom stereocenters. The molecule has 2 aromatic rings. The Hall–Kier alpha value is -3.33. The molecule has 0 aliphatic carbocycles. The zero-order valence-corrected chi connectivity index (χ0v) is 12.8. The number of ether oxygens (including phenoxy) is 1. The zero-order chi connectivity index (χ0) is 16.7.